The van der Waals surface area contributed by atoms with E-state index in [1.807, 2.05) is 45.2 Å². The minimum atomic E-state index is 0. The molecule has 1 aliphatic heterocycles. The summed E-state index contributed by atoms with van der Waals surface area (Å²) in [5.74, 6) is 3.01. The standard InChI is InChI=1S/C22H32ClN5O2.HI/c1-16(21-17(2)26-30-18(21)3)15-25-22(24-4)28-11-9-27(10-12-28)13-14-29-20-7-5-19(23)6-8-20;/h5-8,16H,9-15H2,1-4H3,(H,24,25);1H. The van der Waals surface area contributed by atoms with Gasteiger partial charge in [0.2, 0.25) is 0 Å². The van der Waals surface area contributed by atoms with Gasteiger partial charge in [-0.15, -0.1) is 24.0 Å². The first kappa shape index (κ1) is 25.7. The number of rotatable bonds is 7. The summed E-state index contributed by atoms with van der Waals surface area (Å²) in [5.41, 5.74) is 2.15. The number of nitrogens with zero attached hydrogens (tertiary/aromatic N) is 4. The van der Waals surface area contributed by atoms with Crippen LogP contribution in [0.2, 0.25) is 5.02 Å². The molecule has 31 heavy (non-hydrogen) atoms. The van der Waals surface area contributed by atoms with Gasteiger partial charge < -0.3 is 19.5 Å². The second kappa shape index (κ2) is 12.5. The zero-order valence-corrected chi connectivity index (χ0v) is 21.8. The van der Waals surface area contributed by atoms with Gasteiger partial charge in [-0.25, -0.2) is 0 Å². The van der Waals surface area contributed by atoms with Gasteiger partial charge in [0, 0.05) is 62.8 Å². The third kappa shape index (κ3) is 7.25. The fourth-order valence-corrected chi connectivity index (χ4v) is 4.01. The number of hydrogen-bond acceptors (Lipinski definition) is 5. The average Bonchev–Trinajstić information content (AvgIpc) is 3.09. The second-order valence-electron chi connectivity index (χ2n) is 7.70. The summed E-state index contributed by atoms with van der Waals surface area (Å²) in [4.78, 5) is 9.22. The Morgan fingerprint density at radius 1 is 1.23 bits per heavy atom. The van der Waals surface area contributed by atoms with E-state index in [4.69, 9.17) is 20.9 Å². The molecule has 1 aliphatic rings. The Morgan fingerprint density at radius 2 is 1.90 bits per heavy atom. The molecule has 3 rings (SSSR count). The molecule has 0 spiro atoms. The van der Waals surface area contributed by atoms with E-state index in [0.717, 1.165) is 67.5 Å². The summed E-state index contributed by atoms with van der Waals surface area (Å²) >= 11 is 5.91. The third-order valence-electron chi connectivity index (χ3n) is 5.52. The predicted molar refractivity (Wildman–Crippen MR) is 136 cm³/mol. The number of benzene rings is 1. The van der Waals surface area contributed by atoms with Crippen LogP contribution < -0.4 is 10.1 Å². The summed E-state index contributed by atoms with van der Waals surface area (Å²) < 4.78 is 11.1. The van der Waals surface area contributed by atoms with Gasteiger partial charge in [0.15, 0.2) is 5.96 Å². The van der Waals surface area contributed by atoms with E-state index in [2.05, 4.69) is 32.2 Å². The molecule has 0 amide bonds. The summed E-state index contributed by atoms with van der Waals surface area (Å²) in [6.45, 7) is 12.4. The maximum absolute atomic E-state index is 5.91. The van der Waals surface area contributed by atoms with E-state index in [1.54, 1.807) is 0 Å². The van der Waals surface area contributed by atoms with Crippen LogP contribution in [0.15, 0.2) is 33.8 Å². The van der Waals surface area contributed by atoms with Crippen molar-refractivity contribution in [2.45, 2.75) is 26.7 Å². The molecule has 7 nitrogen and oxygen atoms in total. The zero-order chi connectivity index (χ0) is 21.5. The van der Waals surface area contributed by atoms with Crippen molar-refractivity contribution in [2.75, 3.05) is 52.9 Å². The van der Waals surface area contributed by atoms with Crippen molar-refractivity contribution < 1.29 is 9.26 Å². The van der Waals surface area contributed by atoms with Gasteiger partial charge in [0.1, 0.15) is 18.1 Å². The zero-order valence-electron chi connectivity index (χ0n) is 18.7. The molecule has 1 aromatic heterocycles. The first-order valence-electron chi connectivity index (χ1n) is 10.5. The van der Waals surface area contributed by atoms with Gasteiger partial charge in [-0.1, -0.05) is 23.7 Å². The van der Waals surface area contributed by atoms with Crippen LogP contribution in [0.3, 0.4) is 0 Å². The summed E-state index contributed by atoms with van der Waals surface area (Å²) in [6.07, 6.45) is 0. The normalized spacial score (nSPS) is 16.0. The van der Waals surface area contributed by atoms with Gasteiger partial charge in [0.05, 0.1) is 5.69 Å². The van der Waals surface area contributed by atoms with E-state index < -0.39 is 0 Å². The molecule has 172 valence electrons. The molecule has 1 saturated heterocycles. The first-order valence-corrected chi connectivity index (χ1v) is 10.8. The van der Waals surface area contributed by atoms with Crippen molar-refractivity contribution in [3.8, 4) is 5.75 Å². The highest BCUT2D eigenvalue weighted by atomic mass is 127. The van der Waals surface area contributed by atoms with E-state index in [1.165, 1.54) is 5.56 Å². The van der Waals surface area contributed by atoms with Crippen molar-refractivity contribution in [2.24, 2.45) is 4.99 Å². The Balaban J connectivity index is 0.00000341. The molecule has 2 aromatic rings. The van der Waals surface area contributed by atoms with Crippen LogP contribution in [-0.4, -0.2) is 73.8 Å². The average molecular weight is 562 g/mol. The fraction of sp³-hybridized carbons (Fsp3) is 0.545. The van der Waals surface area contributed by atoms with Crippen LogP contribution in [0.1, 0.15) is 29.9 Å². The minimum absolute atomic E-state index is 0. The number of aryl methyl sites for hydroxylation is 2. The van der Waals surface area contributed by atoms with E-state index >= 15 is 0 Å². The Labute approximate surface area is 207 Å². The lowest BCUT2D eigenvalue weighted by molar-refractivity contribution is 0.152. The van der Waals surface area contributed by atoms with Crippen LogP contribution in [-0.2, 0) is 0 Å². The highest BCUT2D eigenvalue weighted by Crippen LogP contribution is 2.22. The molecule has 1 unspecified atom stereocenters. The first-order chi connectivity index (χ1) is 14.5. The van der Waals surface area contributed by atoms with Crippen LogP contribution in [0.5, 0.6) is 5.75 Å². The summed E-state index contributed by atoms with van der Waals surface area (Å²) in [6, 6.07) is 7.50. The van der Waals surface area contributed by atoms with Gasteiger partial charge in [0.25, 0.3) is 0 Å². The van der Waals surface area contributed by atoms with Gasteiger partial charge in [-0.05, 0) is 38.1 Å². The molecule has 1 aromatic carbocycles. The van der Waals surface area contributed by atoms with Crippen LogP contribution in [0.25, 0.3) is 0 Å². The van der Waals surface area contributed by atoms with Gasteiger partial charge >= 0.3 is 0 Å². The quantitative estimate of drug-likeness (QED) is 0.314. The number of aromatic nitrogens is 1. The molecule has 0 radical (unpaired) electrons. The smallest absolute Gasteiger partial charge is 0.193 e. The number of aliphatic imine (C=N–C) groups is 1. The molecule has 9 heteroatoms. The lowest BCUT2D eigenvalue weighted by atomic mass is 10.00. The van der Waals surface area contributed by atoms with Gasteiger partial charge in [-0.3, -0.25) is 9.89 Å². The predicted octanol–water partition coefficient (Wildman–Crippen LogP) is 3.94. The third-order valence-corrected chi connectivity index (χ3v) is 5.77. The van der Waals surface area contributed by atoms with E-state index in [9.17, 15) is 0 Å². The van der Waals surface area contributed by atoms with Crippen molar-refractivity contribution in [3.63, 3.8) is 0 Å². The van der Waals surface area contributed by atoms with Crippen molar-refractivity contribution in [3.05, 3.63) is 46.3 Å². The maximum atomic E-state index is 5.91. The number of piperazine rings is 1. The van der Waals surface area contributed by atoms with Crippen LogP contribution >= 0.6 is 35.6 Å². The molecule has 1 N–H and O–H groups in total. The SMILES string of the molecule is CN=C(NCC(C)c1c(C)noc1C)N1CCN(CCOc2ccc(Cl)cc2)CC1.I. The van der Waals surface area contributed by atoms with Gasteiger partial charge in [-0.2, -0.15) is 0 Å². The number of halogens is 2. The van der Waals surface area contributed by atoms with Crippen molar-refractivity contribution in [1.29, 1.82) is 0 Å². The highest BCUT2D eigenvalue weighted by Gasteiger charge is 2.21. The summed E-state index contributed by atoms with van der Waals surface area (Å²) in [7, 11) is 1.84. The lowest BCUT2D eigenvalue weighted by Gasteiger charge is -2.36. The van der Waals surface area contributed by atoms with Crippen LogP contribution in [0.4, 0.5) is 0 Å². The number of guanidine groups is 1. The molecule has 0 bridgehead atoms. The van der Waals surface area contributed by atoms with E-state index in [0.29, 0.717) is 12.5 Å². The number of ether oxygens (including phenoxy) is 1. The Morgan fingerprint density at radius 3 is 2.48 bits per heavy atom. The molecular formula is C22H33ClIN5O2. The largest absolute Gasteiger partial charge is 0.492 e. The number of hydrogen-bond donors (Lipinski definition) is 1. The lowest BCUT2D eigenvalue weighted by Crippen LogP contribution is -2.53. The van der Waals surface area contributed by atoms with Crippen molar-refractivity contribution >= 4 is 41.5 Å². The minimum Gasteiger partial charge on any atom is -0.492 e. The Kier molecular flexibility index (Phi) is 10.4. The second-order valence-corrected chi connectivity index (χ2v) is 8.13. The number of nitrogens with one attached hydrogen (secondary N) is 1. The highest BCUT2D eigenvalue weighted by molar-refractivity contribution is 14.0. The molecule has 1 fully saturated rings. The Bertz CT molecular complexity index is 815. The fourth-order valence-electron chi connectivity index (χ4n) is 3.88. The molecule has 1 atom stereocenters. The molecule has 0 aliphatic carbocycles. The topological polar surface area (TPSA) is 66.1 Å². The monoisotopic (exact) mass is 561 g/mol. The summed E-state index contributed by atoms with van der Waals surface area (Å²) in [5, 5.41) is 8.31. The maximum Gasteiger partial charge on any atom is 0.193 e. The Hall–Kier alpha value is -1.52. The molecular weight excluding hydrogens is 529 g/mol. The molecule has 2 heterocycles. The van der Waals surface area contributed by atoms with E-state index in [-0.39, 0.29) is 24.0 Å². The van der Waals surface area contributed by atoms with Crippen molar-refractivity contribution in [1.82, 2.24) is 20.3 Å². The molecule has 0 saturated carbocycles. The van der Waals surface area contributed by atoms with Crippen LogP contribution in [0, 0.1) is 13.8 Å².